The first-order valence-electron chi connectivity index (χ1n) is 12.2. The monoisotopic (exact) mass is 519 g/mol. The topological polar surface area (TPSA) is 86.8 Å². The zero-order valence-electron chi connectivity index (χ0n) is 22.0. The van der Waals surface area contributed by atoms with Gasteiger partial charge in [0, 0.05) is 31.6 Å². The van der Waals surface area contributed by atoms with Crippen LogP contribution < -0.4 is 9.62 Å². The van der Waals surface area contributed by atoms with Crippen molar-refractivity contribution in [2.45, 2.75) is 60.0 Å². The molecule has 2 rings (SSSR count). The van der Waals surface area contributed by atoms with Crippen LogP contribution in [0.4, 0.5) is 10.1 Å². The predicted octanol–water partition coefficient (Wildman–Crippen LogP) is 4.18. The van der Waals surface area contributed by atoms with Crippen LogP contribution in [0.2, 0.25) is 0 Å². The molecule has 0 unspecified atom stereocenters. The largest absolute Gasteiger partial charge is 0.354 e. The number of nitrogens with one attached hydrogen (secondary N) is 1. The fourth-order valence-electron chi connectivity index (χ4n) is 3.73. The molecule has 2 amide bonds. The van der Waals surface area contributed by atoms with E-state index in [4.69, 9.17) is 0 Å². The molecule has 198 valence electrons. The van der Waals surface area contributed by atoms with Gasteiger partial charge in [-0.25, -0.2) is 12.8 Å². The zero-order valence-corrected chi connectivity index (χ0v) is 22.9. The Morgan fingerprint density at radius 2 is 1.69 bits per heavy atom. The van der Waals surface area contributed by atoms with Crippen molar-refractivity contribution in [1.29, 1.82) is 0 Å². The summed E-state index contributed by atoms with van der Waals surface area (Å²) in [5, 5.41) is 2.83. The third kappa shape index (κ3) is 8.33. The van der Waals surface area contributed by atoms with Crippen LogP contribution in [0.15, 0.2) is 42.5 Å². The molecule has 9 heteroatoms. The minimum absolute atomic E-state index is 0.00706. The highest BCUT2D eigenvalue weighted by Gasteiger charge is 2.27. The van der Waals surface area contributed by atoms with Crippen molar-refractivity contribution >= 4 is 27.5 Å². The average molecular weight is 520 g/mol. The zero-order chi connectivity index (χ0) is 27.0. The first-order valence-corrected chi connectivity index (χ1v) is 14.0. The van der Waals surface area contributed by atoms with Crippen molar-refractivity contribution in [3.05, 3.63) is 65.0 Å². The number of aryl methyl sites for hydroxylation is 2. The van der Waals surface area contributed by atoms with Crippen LogP contribution >= 0.6 is 0 Å². The third-order valence-corrected chi connectivity index (χ3v) is 7.28. The van der Waals surface area contributed by atoms with Crippen LogP contribution in [0.25, 0.3) is 0 Å². The number of carbonyl (C=O) groups is 2. The first-order chi connectivity index (χ1) is 16.8. The molecule has 2 aromatic rings. The van der Waals surface area contributed by atoms with Gasteiger partial charge in [-0.2, -0.15) is 0 Å². The summed E-state index contributed by atoms with van der Waals surface area (Å²) in [6.07, 6.45) is 1.38. The van der Waals surface area contributed by atoms with E-state index in [0.717, 1.165) is 17.4 Å². The molecule has 0 aromatic heterocycles. The lowest BCUT2D eigenvalue weighted by Gasteiger charge is -2.30. The number of sulfonamides is 1. The molecule has 0 fully saturated rings. The Hall–Kier alpha value is -2.94. The van der Waals surface area contributed by atoms with E-state index < -0.39 is 21.9 Å². The molecule has 0 aliphatic carbocycles. The fraction of sp³-hybridized carbons (Fsp3) is 0.481. The molecule has 0 bridgehead atoms. The molecular weight excluding hydrogens is 481 g/mol. The SMILES string of the molecule is Cc1ccc(N(CCCC(=O)N(Cc2ccccc2F)[C@H](C)C(=O)NCC(C)C)S(C)(=O)=O)cc1C. The Morgan fingerprint density at radius 3 is 2.28 bits per heavy atom. The number of amides is 2. The van der Waals surface area contributed by atoms with E-state index in [0.29, 0.717) is 17.8 Å². The van der Waals surface area contributed by atoms with Crippen molar-refractivity contribution in [1.82, 2.24) is 10.2 Å². The summed E-state index contributed by atoms with van der Waals surface area (Å²) in [5.74, 6) is -0.882. The van der Waals surface area contributed by atoms with E-state index in [2.05, 4.69) is 5.32 Å². The van der Waals surface area contributed by atoms with Gasteiger partial charge in [0.2, 0.25) is 21.8 Å². The van der Waals surface area contributed by atoms with Crippen LogP contribution in [0.1, 0.15) is 50.3 Å². The van der Waals surface area contributed by atoms with E-state index in [-0.39, 0.29) is 43.7 Å². The molecule has 0 aliphatic rings. The van der Waals surface area contributed by atoms with Gasteiger partial charge in [0.05, 0.1) is 11.9 Å². The molecule has 2 aromatic carbocycles. The third-order valence-electron chi connectivity index (χ3n) is 6.08. The predicted molar refractivity (Wildman–Crippen MR) is 142 cm³/mol. The Balaban J connectivity index is 2.19. The van der Waals surface area contributed by atoms with E-state index in [1.54, 1.807) is 31.2 Å². The van der Waals surface area contributed by atoms with Crippen LogP contribution in [-0.4, -0.2) is 50.5 Å². The van der Waals surface area contributed by atoms with E-state index in [1.807, 2.05) is 39.8 Å². The first kappa shape index (κ1) is 29.3. The molecule has 0 radical (unpaired) electrons. The number of benzene rings is 2. The lowest BCUT2D eigenvalue weighted by atomic mass is 10.1. The highest BCUT2D eigenvalue weighted by Crippen LogP contribution is 2.22. The fourth-order valence-corrected chi connectivity index (χ4v) is 4.69. The summed E-state index contributed by atoms with van der Waals surface area (Å²) in [5.41, 5.74) is 2.87. The Morgan fingerprint density at radius 1 is 1.03 bits per heavy atom. The molecule has 0 saturated carbocycles. The normalized spacial score (nSPS) is 12.3. The molecule has 0 spiro atoms. The second-order valence-corrected chi connectivity index (χ2v) is 11.5. The van der Waals surface area contributed by atoms with E-state index in [9.17, 15) is 22.4 Å². The van der Waals surface area contributed by atoms with Gasteiger partial charge in [-0.3, -0.25) is 13.9 Å². The maximum atomic E-state index is 14.4. The lowest BCUT2D eigenvalue weighted by Crippen LogP contribution is -2.48. The van der Waals surface area contributed by atoms with Crippen molar-refractivity contribution in [3.63, 3.8) is 0 Å². The smallest absolute Gasteiger partial charge is 0.242 e. The number of halogens is 1. The number of rotatable bonds is 12. The molecule has 7 nitrogen and oxygen atoms in total. The summed E-state index contributed by atoms with van der Waals surface area (Å²) < 4.78 is 40.6. The van der Waals surface area contributed by atoms with Crippen LogP contribution in [-0.2, 0) is 26.2 Å². The second-order valence-electron chi connectivity index (χ2n) is 9.64. The van der Waals surface area contributed by atoms with Crippen molar-refractivity contribution < 1.29 is 22.4 Å². The summed E-state index contributed by atoms with van der Waals surface area (Å²) in [6.45, 7) is 9.92. The van der Waals surface area contributed by atoms with E-state index >= 15 is 0 Å². The maximum absolute atomic E-state index is 14.4. The average Bonchev–Trinajstić information content (AvgIpc) is 2.80. The molecular formula is C27H38FN3O4S. The van der Waals surface area contributed by atoms with Gasteiger partial charge >= 0.3 is 0 Å². The number of carbonyl (C=O) groups excluding carboxylic acids is 2. The van der Waals surface area contributed by atoms with Crippen molar-refractivity contribution in [2.75, 3.05) is 23.7 Å². The number of hydrogen-bond donors (Lipinski definition) is 1. The Bertz CT molecular complexity index is 1170. The lowest BCUT2D eigenvalue weighted by molar-refractivity contribution is -0.140. The molecule has 1 N–H and O–H groups in total. The van der Waals surface area contributed by atoms with Gasteiger partial charge in [-0.1, -0.05) is 38.1 Å². The van der Waals surface area contributed by atoms with Gasteiger partial charge in [-0.15, -0.1) is 0 Å². The number of hydrogen-bond acceptors (Lipinski definition) is 4. The summed E-state index contributed by atoms with van der Waals surface area (Å²) in [4.78, 5) is 27.4. The van der Waals surface area contributed by atoms with Gasteiger partial charge in [0.1, 0.15) is 11.9 Å². The van der Waals surface area contributed by atoms with Gasteiger partial charge < -0.3 is 10.2 Å². The molecule has 0 heterocycles. The summed E-state index contributed by atoms with van der Waals surface area (Å²) in [7, 11) is -3.57. The molecule has 36 heavy (non-hydrogen) atoms. The standard InChI is InChI=1S/C27H38FN3O4S/c1-19(2)17-29-27(33)22(5)30(18-23-10-7-8-11-25(23)28)26(32)12-9-15-31(36(6,34)35)24-14-13-20(3)21(4)16-24/h7-8,10-11,13-14,16,19,22H,9,12,15,17-18H2,1-6H3,(H,29,33)/t22-/m1/s1. The minimum atomic E-state index is -3.57. The molecule has 0 aliphatic heterocycles. The summed E-state index contributed by atoms with van der Waals surface area (Å²) >= 11 is 0. The Labute approximate surface area is 214 Å². The highest BCUT2D eigenvalue weighted by atomic mass is 32.2. The Kier molecular flexibility index (Phi) is 10.5. The van der Waals surface area contributed by atoms with Crippen LogP contribution in [0.3, 0.4) is 0 Å². The van der Waals surface area contributed by atoms with Crippen LogP contribution in [0.5, 0.6) is 0 Å². The van der Waals surface area contributed by atoms with Crippen LogP contribution in [0, 0.1) is 25.6 Å². The van der Waals surface area contributed by atoms with E-state index in [1.165, 1.54) is 15.3 Å². The number of nitrogens with zero attached hydrogens (tertiary/aromatic N) is 2. The summed E-state index contributed by atoms with van der Waals surface area (Å²) in [6, 6.07) is 10.7. The van der Waals surface area contributed by atoms with Gasteiger partial charge in [0.15, 0.2) is 0 Å². The molecule has 1 atom stereocenters. The van der Waals surface area contributed by atoms with Crippen molar-refractivity contribution in [2.24, 2.45) is 5.92 Å². The maximum Gasteiger partial charge on any atom is 0.242 e. The quantitative estimate of drug-likeness (QED) is 0.456. The molecule has 0 saturated heterocycles. The van der Waals surface area contributed by atoms with Gasteiger partial charge in [0.25, 0.3) is 0 Å². The van der Waals surface area contributed by atoms with Gasteiger partial charge in [-0.05, 0) is 62.4 Å². The second kappa shape index (κ2) is 12.9. The minimum Gasteiger partial charge on any atom is -0.354 e. The van der Waals surface area contributed by atoms with Crippen molar-refractivity contribution in [3.8, 4) is 0 Å². The number of anilines is 1. The highest BCUT2D eigenvalue weighted by molar-refractivity contribution is 7.92.